The van der Waals surface area contributed by atoms with Crippen molar-refractivity contribution in [2.24, 2.45) is 0 Å². The third-order valence-corrected chi connectivity index (χ3v) is 4.88. The number of fused-ring (bicyclic) bond motifs is 2. The van der Waals surface area contributed by atoms with E-state index in [-0.39, 0.29) is 27.3 Å². The Morgan fingerprint density at radius 3 is 2.34 bits per heavy atom. The maximum atomic E-state index is 3.06. The molecule has 0 atom stereocenters. The Hall–Kier alpha value is -1.08. The van der Waals surface area contributed by atoms with Crippen LogP contribution in [-0.2, 0) is 36.2 Å². The van der Waals surface area contributed by atoms with Gasteiger partial charge in [0.1, 0.15) is 0 Å². The van der Waals surface area contributed by atoms with Crippen LogP contribution in [0, 0.1) is 27.9 Å². The number of rotatable bonds is 1. The van der Waals surface area contributed by atoms with Gasteiger partial charge in [-0.3, -0.25) is 6.08 Å². The summed E-state index contributed by atoms with van der Waals surface area (Å²) in [4.78, 5) is 0. The van der Waals surface area contributed by atoms with Crippen LogP contribution in [0.25, 0.3) is 21.9 Å². The van der Waals surface area contributed by atoms with Crippen molar-refractivity contribution in [2.45, 2.75) is 32.6 Å². The molecule has 2 aliphatic carbocycles. The van der Waals surface area contributed by atoms with Gasteiger partial charge in [-0.1, -0.05) is 53.9 Å². The summed E-state index contributed by atoms with van der Waals surface area (Å²) < 4.78 is 0. The molecule has 3 aromatic carbocycles. The van der Waals surface area contributed by atoms with Gasteiger partial charge in [0.2, 0.25) is 0 Å². The SMILES string of the molecule is Cc1cc2c(-c3ccccc3)c3c(cc2[cH-]1)CCC3.Cl.[C-]1=CC=CC1.[CH3-].[CH3-].[Si]=[Zr]. The monoisotopic (exact) mass is 494 g/mol. The first kappa shape index (κ1) is 27.9. The molecule has 0 amide bonds. The summed E-state index contributed by atoms with van der Waals surface area (Å²) in [7, 11) is 0. The van der Waals surface area contributed by atoms with E-state index in [1.54, 1.807) is 11.1 Å². The Bertz CT molecular complexity index is 928. The molecule has 2 aliphatic rings. The van der Waals surface area contributed by atoms with E-state index in [1.807, 2.05) is 12.2 Å². The molecule has 3 heteroatoms. The number of halogens is 1. The molecular weight excluding hydrogens is 467 g/mol. The second-order valence-corrected chi connectivity index (χ2v) is 6.65. The van der Waals surface area contributed by atoms with E-state index in [9.17, 15) is 0 Å². The summed E-state index contributed by atoms with van der Waals surface area (Å²) in [6.07, 6.45) is 13.8. The van der Waals surface area contributed by atoms with Gasteiger partial charge in [0.05, 0.1) is 0 Å². The fraction of sp³-hybridized carbons (Fsp3) is 0.192. The second kappa shape index (κ2) is 14.0. The number of aryl methyl sites for hydroxylation is 2. The Labute approximate surface area is 200 Å². The molecule has 0 saturated carbocycles. The molecule has 0 nitrogen and oxygen atoms in total. The Balaban J connectivity index is 0.000000685. The van der Waals surface area contributed by atoms with Gasteiger partial charge < -0.3 is 14.9 Å². The molecule has 2 radical (unpaired) electrons. The summed E-state index contributed by atoms with van der Waals surface area (Å²) in [5.74, 6) is 0. The molecule has 0 N–H and O–H groups in total. The van der Waals surface area contributed by atoms with Crippen LogP contribution in [0.2, 0.25) is 0 Å². The van der Waals surface area contributed by atoms with E-state index in [4.69, 9.17) is 0 Å². The first-order valence-electron chi connectivity index (χ1n) is 9.07. The first-order valence-corrected chi connectivity index (χ1v) is 13.3. The molecule has 0 spiro atoms. The van der Waals surface area contributed by atoms with Gasteiger partial charge in [-0.25, -0.2) is 12.2 Å². The minimum atomic E-state index is 0. The first-order chi connectivity index (χ1) is 12.8. The van der Waals surface area contributed by atoms with Crippen LogP contribution in [0.4, 0.5) is 0 Å². The quantitative estimate of drug-likeness (QED) is 0.246. The molecule has 0 saturated heterocycles. The van der Waals surface area contributed by atoms with Crippen LogP contribution in [0.1, 0.15) is 29.5 Å². The summed E-state index contributed by atoms with van der Waals surface area (Å²) in [5, 5.41) is 2.85. The molecule has 0 heterocycles. The van der Waals surface area contributed by atoms with E-state index in [1.165, 1.54) is 70.1 Å². The van der Waals surface area contributed by atoms with Gasteiger partial charge in [0.15, 0.2) is 0 Å². The molecule has 0 bridgehead atoms. The van der Waals surface area contributed by atoms with E-state index >= 15 is 0 Å². The molecule has 0 fully saturated rings. The number of hydrogen-bond donors (Lipinski definition) is 0. The van der Waals surface area contributed by atoms with Gasteiger partial charge >= 0.3 is 30.2 Å². The van der Waals surface area contributed by atoms with Crippen molar-refractivity contribution in [2.75, 3.05) is 0 Å². The van der Waals surface area contributed by atoms with Crippen LogP contribution in [0.5, 0.6) is 0 Å². The van der Waals surface area contributed by atoms with Crippen LogP contribution in [-0.4, -0.2) is 6.88 Å². The maximum absolute atomic E-state index is 3.06. The molecule has 5 rings (SSSR count). The Morgan fingerprint density at radius 1 is 1.03 bits per heavy atom. The van der Waals surface area contributed by atoms with Gasteiger partial charge in [0.25, 0.3) is 0 Å². The number of hydrogen-bond acceptors (Lipinski definition) is 0. The van der Waals surface area contributed by atoms with E-state index in [0.29, 0.717) is 0 Å². The molecule has 0 aromatic heterocycles. The van der Waals surface area contributed by atoms with Gasteiger partial charge in [0, 0.05) is 0 Å². The Morgan fingerprint density at radius 2 is 1.76 bits per heavy atom. The zero-order chi connectivity index (χ0) is 18.4. The molecule has 0 unspecified atom stereocenters. The molecule has 3 aromatic rings. The van der Waals surface area contributed by atoms with Crippen LogP contribution in [0.15, 0.2) is 66.8 Å². The zero-order valence-electron chi connectivity index (χ0n) is 17.6. The molecule has 29 heavy (non-hydrogen) atoms. The van der Waals surface area contributed by atoms with Crippen molar-refractivity contribution in [3.05, 3.63) is 104 Å². The zero-order valence-corrected chi connectivity index (χ0v) is 21.9. The van der Waals surface area contributed by atoms with Crippen molar-refractivity contribution in [3.63, 3.8) is 0 Å². The van der Waals surface area contributed by atoms with Crippen molar-refractivity contribution in [3.8, 4) is 11.1 Å². The predicted octanol–water partition coefficient (Wildman–Crippen LogP) is 7.27. The molecule has 152 valence electrons. The van der Waals surface area contributed by atoms with Crippen molar-refractivity contribution in [1.82, 2.24) is 0 Å². The fourth-order valence-corrected chi connectivity index (χ4v) is 3.85. The van der Waals surface area contributed by atoms with E-state index in [0.717, 1.165) is 6.42 Å². The molecular formula is C26H29ClSiZr-4. The predicted molar refractivity (Wildman–Crippen MR) is 129 cm³/mol. The average molecular weight is 496 g/mol. The summed E-state index contributed by atoms with van der Waals surface area (Å²) in [5.41, 5.74) is 7.38. The van der Waals surface area contributed by atoms with E-state index in [2.05, 4.69) is 74.5 Å². The van der Waals surface area contributed by atoms with Crippen molar-refractivity contribution >= 4 is 30.1 Å². The van der Waals surface area contributed by atoms with Gasteiger partial charge in [-0.2, -0.15) is 12.1 Å². The minimum absolute atomic E-state index is 0. The second-order valence-electron chi connectivity index (χ2n) is 6.65. The van der Waals surface area contributed by atoms with Crippen LogP contribution in [0.3, 0.4) is 0 Å². The van der Waals surface area contributed by atoms with Gasteiger partial charge in [-0.05, 0) is 24.8 Å². The summed E-state index contributed by atoms with van der Waals surface area (Å²) in [6, 6.07) is 18.0. The standard InChI is InChI=1S/C19H17.C5H5.2CH3.ClH.Si.Zr/c1-13-10-16-12-15-8-5-9-17(15)19(18(16)11-13)14-6-3-2-4-7-14;1-2-4-5-3-1;;;;;/h2-4,6-7,10-12H,5,8-9H2,1H3;1-3H,4H2;2*1H3;1H;;/q4*-1;;;. The Kier molecular flexibility index (Phi) is 13.5. The van der Waals surface area contributed by atoms with E-state index < -0.39 is 0 Å². The van der Waals surface area contributed by atoms with Crippen molar-refractivity contribution in [1.29, 1.82) is 0 Å². The fourth-order valence-electron chi connectivity index (χ4n) is 3.85. The molecule has 0 aliphatic heterocycles. The topological polar surface area (TPSA) is 0 Å². The van der Waals surface area contributed by atoms with Crippen LogP contribution < -0.4 is 0 Å². The average Bonchev–Trinajstić information content (AvgIpc) is 3.44. The summed E-state index contributed by atoms with van der Waals surface area (Å²) in [6.45, 7) is 5.26. The third kappa shape index (κ3) is 6.71. The van der Waals surface area contributed by atoms with Gasteiger partial charge in [-0.15, -0.1) is 47.3 Å². The number of benzene rings is 2. The number of allylic oxidation sites excluding steroid dienone is 4. The summed E-state index contributed by atoms with van der Waals surface area (Å²) >= 11 is 1.36. The van der Waals surface area contributed by atoms with Crippen molar-refractivity contribution < 1.29 is 23.3 Å². The normalized spacial score (nSPS) is 12.3. The van der Waals surface area contributed by atoms with Crippen LogP contribution >= 0.6 is 12.4 Å². The third-order valence-electron chi connectivity index (χ3n) is 4.88.